The van der Waals surface area contributed by atoms with E-state index in [2.05, 4.69) is 27.1 Å². The summed E-state index contributed by atoms with van der Waals surface area (Å²) in [5, 5.41) is 2.80. The molecule has 2 rings (SSSR count). The smallest absolute Gasteiger partial charge is 0.0892 e. The molecule has 3 heteroatoms. The lowest BCUT2D eigenvalue weighted by atomic mass is 10.2. The SMILES string of the molecule is Clc1ccc2c[c]ncc2c1Br. The molecule has 0 aliphatic rings. The molecule has 1 aromatic heterocycles. The molecule has 2 aromatic rings. The fourth-order valence-electron chi connectivity index (χ4n) is 1.05. The van der Waals surface area contributed by atoms with Crippen molar-refractivity contribution in [1.29, 1.82) is 0 Å². The van der Waals surface area contributed by atoms with Crippen LogP contribution in [0.4, 0.5) is 0 Å². The Morgan fingerprint density at radius 3 is 3.08 bits per heavy atom. The zero-order valence-corrected chi connectivity index (χ0v) is 8.35. The summed E-state index contributed by atoms with van der Waals surface area (Å²) >= 11 is 9.30. The predicted octanol–water partition coefficient (Wildman–Crippen LogP) is 3.45. The van der Waals surface area contributed by atoms with Gasteiger partial charge in [-0.2, -0.15) is 0 Å². The molecule has 12 heavy (non-hydrogen) atoms. The highest BCUT2D eigenvalue weighted by Crippen LogP contribution is 2.29. The minimum atomic E-state index is 0.704. The summed E-state index contributed by atoms with van der Waals surface area (Å²) in [7, 11) is 0. The number of halogens is 2. The Balaban J connectivity index is 2.91. The number of hydrogen-bond donors (Lipinski definition) is 0. The molecule has 0 spiro atoms. The lowest BCUT2D eigenvalue weighted by molar-refractivity contribution is 1.34. The molecule has 0 atom stereocenters. The highest BCUT2D eigenvalue weighted by molar-refractivity contribution is 9.10. The molecular formula is C9H4BrClN. The summed E-state index contributed by atoms with van der Waals surface area (Å²) in [6.45, 7) is 0. The Morgan fingerprint density at radius 1 is 1.42 bits per heavy atom. The summed E-state index contributed by atoms with van der Waals surface area (Å²) < 4.78 is 0.892. The third-order valence-electron chi connectivity index (χ3n) is 1.65. The van der Waals surface area contributed by atoms with Crippen molar-refractivity contribution < 1.29 is 0 Å². The van der Waals surface area contributed by atoms with Crippen LogP contribution in [-0.4, -0.2) is 4.98 Å². The molecule has 0 aliphatic carbocycles. The van der Waals surface area contributed by atoms with Crippen LogP contribution in [0, 0.1) is 6.20 Å². The minimum absolute atomic E-state index is 0.704. The second kappa shape index (κ2) is 3.04. The Morgan fingerprint density at radius 2 is 2.25 bits per heavy atom. The van der Waals surface area contributed by atoms with E-state index in [0.29, 0.717) is 5.02 Å². The number of aromatic nitrogens is 1. The zero-order valence-electron chi connectivity index (χ0n) is 6.01. The molecule has 0 saturated heterocycles. The van der Waals surface area contributed by atoms with Gasteiger partial charge in [-0.15, -0.1) is 0 Å². The van der Waals surface area contributed by atoms with Crippen LogP contribution in [0.3, 0.4) is 0 Å². The molecule has 0 N–H and O–H groups in total. The number of rotatable bonds is 0. The van der Waals surface area contributed by atoms with E-state index >= 15 is 0 Å². The Bertz CT molecular complexity index is 428. The van der Waals surface area contributed by atoms with Crippen molar-refractivity contribution in [2.24, 2.45) is 0 Å². The average molecular weight is 241 g/mol. The zero-order chi connectivity index (χ0) is 8.55. The molecule has 0 bridgehead atoms. The molecule has 0 fully saturated rings. The fourth-order valence-corrected chi connectivity index (χ4v) is 1.68. The molecule has 0 saturated carbocycles. The van der Waals surface area contributed by atoms with E-state index in [9.17, 15) is 0 Å². The first-order chi connectivity index (χ1) is 5.79. The molecule has 1 aromatic carbocycles. The molecule has 1 heterocycles. The monoisotopic (exact) mass is 240 g/mol. The van der Waals surface area contributed by atoms with Crippen LogP contribution in [-0.2, 0) is 0 Å². The summed E-state index contributed by atoms with van der Waals surface area (Å²) in [6, 6.07) is 5.62. The van der Waals surface area contributed by atoms with Crippen molar-refractivity contribution in [2.45, 2.75) is 0 Å². The Hall–Kier alpha value is -0.600. The van der Waals surface area contributed by atoms with E-state index in [1.54, 1.807) is 6.20 Å². The van der Waals surface area contributed by atoms with Gasteiger partial charge in [-0.3, -0.25) is 4.98 Å². The Labute approximate surface area is 83.5 Å². The molecule has 0 unspecified atom stereocenters. The Kier molecular flexibility index (Phi) is 2.03. The third-order valence-corrected chi connectivity index (χ3v) is 3.05. The van der Waals surface area contributed by atoms with Gasteiger partial charge in [0.2, 0.25) is 0 Å². The first-order valence-corrected chi connectivity index (χ1v) is 4.56. The molecule has 1 nitrogen and oxygen atoms in total. The maximum atomic E-state index is 5.90. The van der Waals surface area contributed by atoms with Gasteiger partial charge in [0.25, 0.3) is 0 Å². The van der Waals surface area contributed by atoms with Gasteiger partial charge in [-0.1, -0.05) is 17.7 Å². The number of pyridine rings is 1. The van der Waals surface area contributed by atoms with Gasteiger partial charge in [0.15, 0.2) is 0 Å². The van der Waals surface area contributed by atoms with Gasteiger partial charge in [0, 0.05) is 16.1 Å². The second-order valence-electron chi connectivity index (χ2n) is 2.40. The number of benzene rings is 1. The average Bonchev–Trinajstić information content (AvgIpc) is 2.12. The van der Waals surface area contributed by atoms with Crippen LogP contribution in [0.5, 0.6) is 0 Å². The van der Waals surface area contributed by atoms with E-state index < -0.39 is 0 Å². The maximum Gasteiger partial charge on any atom is 0.0892 e. The summed E-state index contributed by atoms with van der Waals surface area (Å²) in [4.78, 5) is 3.90. The van der Waals surface area contributed by atoms with Crippen molar-refractivity contribution in [2.75, 3.05) is 0 Å². The largest absolute Gasteiger partial charge is 0.254 e. The van der Waals surface area contributed by atoms with Crippen molar-refractivity contribution in [1.82, 2.24) is 4.98 Å². The van der Waals surface area contributed by atoms with Crippen molar-refractivity contribution in [3.8, 4) is 0 Å². The van der Waals surface area contributed by atoms with Crippen LogP contribution >= 0.6 is 27.5 Å². The molecule has 0 aliphatic heterocycles. The first kappa shape index (κ1) is 8.02. The number of fused-ring (bicyclic) bond motifs is 1. The first-order valence-electron chi connectivity index (χ1n) is 3.39. The standard InChI is InChI=1S/C9H4BrClN/c10-9-7-5-12-4-3-6(7)1-2-8(9)11/h1-3,5H. The van der Waals surface area contributed by atoms with Crippen LogP contribution in [0.25, 0.3) is 10.8 Å². The topological polar surface area (TPSA) is 12.9 Å². The molecule has 59 valence electrons. The predicted molar refractivity (Wildman–Crippen MR) is 53.3 cm³/mol. The van der Waals surface area contributed by atoms with Gasteiger partial charge in [-0.25, -0.2) is 0 Å². The van der Waals surface area contributed by atoms with Gasteiger partial charge in [-0.05, 0) is 33.4 Å². The fraction of sp³-hybridized carbons (Fsp3) is 0. The highest BCUT2D eigenvalue weighted by atomic mass is 79.9. The van der Waals surface area contributed by atoms with Crippen molar-refractivity contribution in [3.63, 3.8) is 0 Å². The maximum absolute atomic E-state index is 5.90. The quantitative estimate of drug-likeness (QED) is 0.688. The number of nitrogens with zero attached hydrogens (tertiary/aromatic N) is 1. The van der Waals surface area contributed by atoms with Gasteiger partial charge in [0.1, 0.15) is 0 Å². The molecule has 0 amide bonds. The minimum Gasteiger partial charge on any atom is -0.254 e. The lowest BCUT2D eigenvalue weighted by Gasteiger charge is -2.00. The van der Waals surface area contributed by atoms with E-state index in [1.165, 1.54) is 0 Å². The van der Waals surface area contributed by atoms with Gasteiger partial charge >= 0.3 is 0 Å². The molecular weight excluding hydrogens is 237 g/mol. The third kappa shape index (κ3) is 1.21. The van der Waals surface area contributed by atoms with Gasteiger partial charge < -0.3 is 0 Å². The normalized spacial score (nSPS) is 10.5. The summed E-state index contributed by atoms with van der Waals surface area (Å²) in [5.74, 6) is 0. The van der Waals surface area contributed by atoms with E-state index in [4.69, 9.17) is 11.6 Å². The lowest BCUT2D eigenvalue weighted by Crippen LogP contribution is -1.77. The van der Waals surface area contributed by atoms with Crippen LogP contribution < -0.4 is 0 Å². The van der Waals surface area contributed by atoms with E-state index in [1.807, 2.05) is 18.2 Å². The highest BCUT2D eigenvalue weighted by Gasteiger charge is 2.01. The molecule has 1 radical (unpaired) electrons. The van der Waals surface area contributed by atoms with Crippen molar-refractivity contribution in [3.05, 3.63) is 40.1 Å². The van der Waals surface area contributed by atoms with Gasteiger partial charge in [0.05, 0.1) is 11.2 Å². The number of hydrogen-bond acceptors (Lipinski definition) is 1. The van der Waals surface area contributed by atoms with Crippen LogP contribution in [0.2, 0.25) is 5.02 Å². The summed E-state index contributed by atoms with van der Waals surface area (Å²) in [6.07, 6.45) is 4.51. The summed E-state index contributed by atoms with van der Waals surface area (Å²) in [5.41, 5.74) is 0. The second-order valence-corrected chi connectivity index (χ2v) is 3.60. The van der Waals surface area contributed by atoms with Crippen LogP contribution in [0.1, 0.15) is 0 Å². The van der Waals surface area contributed by atoms with E-state index in [0.717, 1.165) is 15.2 Å². The van der Waals surface area contributed by atoms with Crippen LogP contribution in [0.15, 0.2) is 28.9 Å². The van der Waals surface area contributed by atoms with Crippen molar-refractivity contribution >= 4 is 38.3 Å². The van der Waals surface area contributed by atoms with E-state index in [-0.39, 0.29) is 0 Å².